The molecule has 0 aliphatic heterocycles. The van der Waals surface area contributed by atoms with Crippen LogP contribution in [0.3, 0.4) is 0 Å². The van der Waals surface area contributed by atoms with Gasteiger partial charge in [0.05, 0.1) is 5.69 Å². The summed E-state index contributed by atoms with van der Waals surface area (Å²) in [6, 6.07) is 24.5. The number of fused-ring (bicyclic) bond motifs is 1. The average Bonchev–Trinajstić information content (AvgIpc) is 2.79. The minimum Gasteiger partial charge on any atom is -0.326 e. The molecule has 1 aromatic heterocycles. The second-order valence-corrected chi connectivity index (χ2v) is 8.07. The van der Waals surface area contributed by atoms with E-state index in [0.29, 0.717) is 18.5 Å². The van der Waals surface area contributed by atoms with Crippen LogP contribution in [0.4, 0.5) is 0 Å². The molecule has 4 rings (SSSR count). The molecule has 0 amide bonds. The predicted octanol–water partition coefficient (Wildman–Crippen LogP) is 5.05. The van der Waals surface area contributed by atoms with Gasteiger partial charge in [-0.05, 0) is 59.6 Å². The number of rotatable bonds is 7. The molecular formula is C26H31N3. The van der Waals surface area contributed by atoms with Gasteiger partial charge in [-0.25, -0.2) is 0 Å². The second-order valence-electron chi connectivity index (χ2n) is 8.07. The van der Waals surface area contributed by atoms with Crippen LogP contribution >= 0.6 is 0 Å². The van der Waals surface area contributed by atoms with Gasteiger partial charge in [-0.15, -0.1) is 0 Å². The first-order valence-electron chi connectivity index (χ1n) is 10.8. The molecule has 2 atom stereocenters. The van der Waals surface area contributed by atoms with Gasteiger partial charge in [0.25, 0.3) is 0 Å². The zero-order chi connectivity index (χ0) is 20.1. The van der Waals surface area contributed by atoms with Crippen molar-refractivity contribution in [3.05, 3.63) is 101 Å². The lowest BCUT2D eigenvalue weighted by atomic mass is 9.77. The van der Waals surface area contributed by atoms with E-state index in [1.165, 1.54) is 28.7 Å². The molecule has 1 heterocycles. The van der Waals surface area contributed by atoms with Crippen molar-refractivity contribution in [2.45, 2.75) is 57.8 Å². The van der Waals surface area contributed by atoms with Gasteiger partial charge in [-0.2, -0.15) is 0 Å². The Kier molecular flexibility index (Phi) is 6.38. The molecule has 2 N–H and O–H groups in total. The van der Waals surface area contributed by atoms with Crippen molar-refractivity contribution in [1.29, 1.82) is 0 Å². The summed E-state index contributed by atoms with van der Waals surface area (Å²) < 4.78 is 0. The molecule has 150 valence electrons. The number of pyridine rings is 1. The van der Waals surface area contributed by atoms with E-state index in [-0.39, 0.29) is 0 Å². The third kappa shape index (κ3) is 4.58. The molecule has 1 aliphatic rings. The molecule has 0 saturated carbocycles. The number of hydrogen-bond donors (Lipinski definition) is 1. The lowest BCUT2D eigenvalue weighted by molar-refractivity contribution is 0.133. The monoisotopic (exact) mass is 385 g/mol. The summed E-state index contributed by atoms with van der Waals surface area (Å²) in [4.78, 5) is 7.26. The summed E-state index contributed by atoms with van der Waals surface area (Å²) in [6.07, 6.45) is 5.41. The average molecular weight is 386 g/mol. The minimum absolute atomic E-state index is 0.520. The molecule has 0 radical (unpaired) electrons. The lowest BCUT2D eigenvalue weighted by Gasteiger charge is -2.41. The molecule has 29 heavy (non-hydrogen) atoms. The van der Waals surface area contributed by atoms with E-state index in [9.17, 15) is 0 Å². The Balaban J connectivity index is 1.63. The van der Waals surface area contributed by atoms with Gasteiger partial charge < -0.3 is 5.73 Å². The molecule has 0 saturated heterocycles. The molecule has 0 bridgehead atoms. The van der Waals surface area contributed by atoms with E-state index in [1.807, 2.05) is 12.3 Å². The van der Waals surface area contributed by atoms with Crippen molar-refractivity contribution in [2.24, 2.45) is 5.73 Å². The molecule has 2 unspecified atom stereocenters. The van der Waals surface area contributed by atoms with Crippen LogP contribution in [0.25, 0.3) is 0 Å². The quantitative estimate of drug-likeness (QED) is 0.619. The lowest BCUT2D eigenvalue weighted by Crippen LogP contribution is -2.41. The number of aromatic nitrogens is 1. The van der Waals surface area contributed by atoms with E-state index < -0.39 is 0 Å². The maximum Gasteiger partial charge on any atom is 0.0544 e. The van der Waals surface area contributed by atoms with E-state index in [1.54, 1.807) is 0 Å². The molecule has 3 nitrogen and oxygen atoms in total. The van der Waals surface area contributed by atoms with E-state index >= 15 is 0 Å². The van der Waals surface area contributed by atoms with Crippen molar-refractivity contribution < 1.29 is 0 Å². The summed E-state index contributed by atoms with van der Waals surface area (Å²) >= 11 is 0. The second kappa shape index (κ2) is 9.34. The van der Waals surface area contributed by atoms with Crippen LogP contribution in [0.2, 0.25) is 0 Å². The van der Waals surface area contributed by atoms with Gasteiger partial charge in [0.1, 0.15) is 0 Å². The Morgan fingerprint density at radius 1 is 0.931 bits per heavy atom. The Hall–Kier alpha value is -2.49. The molecule has 2 aromatic carbocycles. The van der Waals surface area contributed by atoms with Crippen molar-refractivity contribution >= 4 is 0 Å². The molecular weight excluding hydrogens is 354 g/mol. The van der Waals surface area contributed by atoms with Crippen LogP contribution < -0.4 is 5.73 Å². The number of hydrogen-bond acceptors (Lipinski definition) is 3. The van der Waals surface area contributed by atoms with Crippen LogP contribution in [0.15, 0.2) is 72.9 Å². The highest BCUT2D eigenvalue weighted by Gasteiger charge is 2.32. The van der Waals surface area contributed by atoms with Gasteiger partial charge >= 0.3 is 0 Å². The Morgan fingerprint density at radius 3 is 2.41 bits per heavy atom. The highest BCUT2D eigenvalue weighted by molar-refractivity contribution is 5.34. The van der Waals surface area contributed by atoms with Gasteiger partial charge in [0, 0.05) is 31.9 Å². The predicted molar refractivity (Wildman–Crippen MR) is 119 cm³/mol. The Morgan fingerprint density at radius 2 is 1.69 bits per heavy atom. The minimum atomic E-state index is 0.520. The van der Waals surface area contributed by atoms with Crippen molar-refractivity contribution in [1.82, 2.24) is 9.88 Å². The van der Waals surface area contributed by atoms with Crippen molar-refractivity contribution in [3.63, 3.8) is 0 Å². The summed E-state index contributed by atoms with van der Waals surface area (Å²) in [5.74, 6) is 0.562. The van der Waals surface area contributed by atoms with Crippen LogP contribution in [-0.2, 0) is 26.1 Å². The fourth-order valence-corrected chi connectivity index (χ4v) is 4.77. The third-order valence-electron chi connectivity index (χ3n) is 6.27. The van der Waals surface area contributed by atoms with E-state index in [2.05, 4.69) is 77.5 Å². The fraction of sp³-hybridized carbons (Fsp3) is 0.346. The van der Waals surface area contributed by atoms with Crippen molar-refractivity contribution in [2.75, 3.05) is 0 Å². The van der Waals surface area contributed by atoms with Gasteiger partial charge in [-0.3, -0.25) is 9.88 Å². The molecule has 3 aromatic rings. The zero-order valence-corrected chi connectivity index (χ0v) is 17.3. The normalized spacial score (nSPS) is 18.6. The number of nitrogens with zero attached hydrogens (tertiary/aromatic N) is 2. The van der Waals surface area contributed by atoms with E-state index in [0.717, 1.165) is 31.6 Å². The molecule has 0 spiro atoms. The summed E-state index contributed by atoms with van der Waals surface area (Å²) in [5, 5.41) is 0. The Labute approximate surface area is 174 Å². The van der Waals surface area contributed by atoms with Gasteiger partial charge in [0.15, 0.2) is 0 Å². The molecule has 0 fully saturated rings. The smallest absolute Gasteiger partial charge is 0.0544 e. The zero-order valence-electron chi connectivity index (χ0n) is 17.3. The first kappa shape index (κ1) is 19.8. The van der Waals surface area contributed by atoms with Gasteiger partial charge in [-0.1, -0.05) is 61.5 Å². The largest absolute Gasteiger partial charge is 0.326 e. The first-order valence-corrected chi connectivity index (χ1v) is 10.8. The van der Waals surface area contributed by atoms with Crippen LogP contribution in [0.1, 0.15) is 53.6 Å². The summed E-state index contributed by atoms with van der Waals surface area (Å²) in [7, 11) is 0. The maximum absolute atomic E-state index is 5.78. The van der Waals surface area contributed by atoms with Crippen LogP contribution in [0, 0.1) is 0 Å². The summed E-state index contributed by atoms with van der Waals surface area (Å²) in [6.45, 7) is 4.73. The number of benzene rings is 2. The summed E-state index contributed by atoms with van der Waals surface area (Å²) in [5.41, 5.74) is 12.5. The first-order chi connectivity index (χ1) is 14.3. The highest BCUT2D eigenvalue weighted by atomic mass is 15.2. The standard InChI is InChI=1S/C26H31N3/c1-2-24-25-9-4-3-7-22(25)14-15-26(24)29(19-23-8-5-6-16-28-23)18-21-12-10-20(17-27)11-13-21/h3-13,16,24,26H,2,14-15,17-19,27H2,1H3. The SMILES string of the molecule is CCC1c2ccccc2CCC1N(Cc1ccc(CN)cc1)Cc1ccccn1. The van der Waals surface area contributed by atoms with E-state index in [4.69, 9.17) is 5.73 Å². The van der Waals surface area contributed by atoms with Crippen LogP contribution in [-0.4, -0.2) is 15.9 Å². The maximum atomic E-state index is 5.78. The molecule has 1 aliphatic carbocycles. The Bertz CT molecular complexity index is 905. The van der Waals surface area contributed by atoms with Gasteiger partial charge in [0.2, 0.25) is 0 Å². The topological polar surface area (TPSA) is 42.1 Å². The molecule has 3 heteroatoms. The third-order valence-corrected chi connectivity index (χ3v) is 6.27. The highest BCUT2D eigenvalue weighted by Crippen LogP contribution is 2.38. The number of aryl methyl sites for hydroxylation is 1. The van der Waals surface area contributed by atoms with Crippen molar-refractivity contribution in [3.8, 4) is 0 Å². The number of nitrogens with two attached hydrogens (primary N) is 1. The van der Waals surface area contributed by atoms with Crippen LogP contribution in [0.5, 0.6) is 0 Å². The fourth-order valence-electron chi connectivity index (χ4n) is 4.77.